The second-order valence-corrected chi connectivity index (χ2v) is 5.97. The Balaban J connectivity index is 1.79. The third kappa shape index (κ3) is 2.98. The van der Waals surface area contributed by atoms with Crippen LogP contribution in [-0.4, -0.2) is 39.3 Å². The van der Waals surface area contributed by atoms with E-state index in [0.717, 1.165) is 12.0 Å². The predicted molar refractivity (Wildman–Crippen MR) is 85.8 cm³/mol. The van der Waals surface area contributed by atoms with Gasteiger partial charge in [0.05, 0.1) is 11.8 Å². The van der Waals surface area contributed by atoms with Crippen LogP contribution in [0.1, 0.15) is 11.3 Å². The maximum Gasteiger partial charge on any atom is 0.222 e. The molecule has 0 radical (unpaired) electrons. The van der Waals surface area contributed by atoms with Gasteiger partial charge < -0.3 is 15.7 Å². The maximum atomic E-state index is 10.3. The highest BCUT2D eigenvalue weighted by molar-refractivity contribution is 6.33. The van der Waals surface area contributed by atoms with E-state index in [9.17, 15) is 5.11 Å². The van der Waals surface area contributed by atoms with Gasteiger partial charge in [-0.3, -0.25) is 4.98 Å². The summed E-state index contributed by atoms with van der Waals surface area (Å²) in [6, 6.07) is 3.93. The molecule has 3 N–H and O–H groups in total. The second kappa shape index (κ2) is 6.06. The quantitative estimate of drug-likeness (QED) is 0.890. The van der Waals surface area contributed by atoms with Gasteiger partial charge in [0.25, 0.3) is 0 Å². The van der Waals surface area contributed by atoms with Crippen LogP contribution in [0.25, 0.3) is 0 Å². The smallest absolute Gasteiger partial charge is 0.222 e. The van der Waals surface area contributed by atoms with Crippen LogP contribution in [0.5, 0.6) is 0 Å². The van der Waals surface area contributed by atoms with Gasteiger partial charge in [-0.25, -0.2) is 4.98 Å². The zero-order chi connectivity index (χ0) is 15.7. The molecule has 22 heavy (non-hydrogen) atoms. The van der Waals surface area contributed by atoms with Crippen molar-refractivity contribution in [2.75, 3.05) is 23.7 Å². The molecule has 2 aromatic heterocycles. The normalized spacial score (nSPS) is 21.3. The first kappa shape index (κ1) is 15.0. The molecule has 0 amide bonds. The first-order valence-electron chi connectivity index (χ1n) is 7.16. The molecule has 0 spiro atoms. The Morgan fingerprint density at radius 1 is 1.32 bits per heavy atom. The number of halogens is 1. The molecular weight excluding hydrogens is 302 g/mol. The fourth-order valence-corrected chi connectivity index (χ4v) is 3.03. The predicted octanol–water partition coefficient (Wildman–Crippen LogP) is 1.46. The molecule has 1 fully saturated rings. The Morgan fingerprint density at radius 3 is 2.77 bits per heavy atom. The highest BCUT2D eigenvalue weighted by atomic mass is 35.5. The SMILES string of the molecule is Cc1nc(N)nc(N2C[C@@H](Cc3ccncc3)[C@H](O)C2)c1Cl. The summed E-state index contributed by atoms with van der Waals surface area (Å²) in [4.78, 5) is 14.3. The lowest BCUT2D eigenvalue weighted by molar-refractivity contribution is 0.148. The number of pyridine rings is 1. The van der Waals surface area contributed by atoms with Crippen molar-refractivity contribution in [2.24, 2.45) is 5.92 Å². The summed E-state index contributed by atoms with van der Waals surface area (Å²) in [5.41, 5.74) is 7.52. The zero-order valence-electron chi connectivity index (χ0n) is 12.3. The Labute approximate surface area is 134 Å². The zero-order valence-corrected chi connectivity index (χ0v) is 13.0. The van der Waals surface area contributed by atoms with E-state index >= 15 is 0 Å². The third-order valence-corrected chi connectivity index (χ3v) is 4.41. The van der Waals surface area contributed by atoms with E-state index in [4.69, 9.17) is 17.3 Å². The Kier molecular flexibility index (Phi) is 4.13. The number of nitrogens with two attached hydrogens (primary N) is 1. The molecule has 3 heterocycles. The van der Waals surface area contributed by atoms with Gasteiger partial charge in [-0.05, 0) is 31.0 Å². The van der Waals surface area contributed by atoms with Gasteiger partial charge in [0.1, 0.15) is 5.02 Å². The van der Waals surface area contributed by atoms with Crippen LogP contribution in [0, 0.1) is 12.8 Å². The number of aliphatic hydroxyl groups excluding tert-OH is 1. The number of anilines is 2. The number of nitrogens with zero attached hydrogens (tertiary/aromatic N) is 4. The van der Waals surface area contributed by atoms with Crippen molar-refractivity contribution in [2.45, 2.75) is 19.4 Å². The number of hydrogen-bond acceptors (Lipinski definition) is 6. The van der Waals surface area contributed by atoms with Crippen molar-refractivity contribution in [3.8, 4) is 0 Å². The van der Waals surface area contributed by atoms with Crippen LogP contribution in [0.2, 0.25) is 5.02 Å². The molecule has 2 atom stereocenters. The third-order valence-electron chi connectivity index (χ3n) is 3.97. The number of hydrogen-bond donors (Lipinski definition) is 2. The Bertz CT molecular complexity index is 666. The van der Waals surface area contributed by atoms with Gasteiger partial charge in [-0.15, -0.1) is 0 Å². The molecule has 3 rings (SSSR count). The molecule has 1 aliphatic rings. The van der Waals surface area contributed by atoms with Gasteiger partial charge in [0, 0.05) is 31.4 Å². The van der Waals surface area contributed by atoms with E-state index in [2.05, 4.69) is 15.0 Å². The standard InChI is InChI=1S/C15H18ClN5O/c1-9-13(16)14(20-15(17)19-9)21-7-11(12(22)8-21)6-10-2-4-18-5-3-10/h2-5,11-12,22H,6-8H2,1H3,(H2,17,19,20)/t11-,12-/m1/s1. The van der Waals surface area contributed by atoms with Crippen LogP contribution in [0.3, 0.4) is 0 Å². The molecule has 1 aliphatic heterocycles. The van der Waals surface area contributed by atoms with E-state index in [1.165, 1.54) is 0 Å². The monoisotopic (exact) mass is 319 g/mol. The van der Waals surface area contributed by atoms with Crippen molar-refractivity contribution < 1.29 is 5.11 Å². The second-order valence-electron chi connectivity index (χ2n) is 5.60. The molecule has 0 aliphatic carbocycles. The number of β-amino-alcohol motifs (C(OH)–C–C–N with tert-alkyl or cyclic N) is 1. The van der Waals surface area contributed by atoms with Crippen molar-refractivity contribution in [3.05, 3.63) is 40.8 Å². The van der Waals surface area contributed by atoms with Crippen LogP contribution in [0.4, 0.5) is 11.8 Å². The minimum absolute atomic E-state index is 0.120. The highest BCUT2D eigenvalue weighted by Gasteiger charge is 2.33. The average molecular weight is 320 g/mol. The van der Waals surface area contributed by atoms with Gasteiger partial charge >= 0.3 is 0 Å². The number of aryl methyl sites for hydroxylation is 1. The summed E-state index contributed by atoms with van der Waals surface area (Å²) in [5.74, 6) is 0.918. The first-order valence-corrected chi connectivity index (χ1v) is 7.54. The molecule has 1 saturated heterocycles. The van der Waals surface area contributed by atoms with Gasteiger partial charge in [0.2, 0.25) is 5.95 Å². The largest absolute Gasteiger partial charge is 0.391 e. The van der Waals surface area contributed by atoms with Crippen molar-refractivity contribution in [1.29, 1.82) is 0 Å². The molecule has 0 bridgehead atoms. The molecule has 2 aromatic rings. The topological polar surface area (TPSA) is 88.2 Å². The maximum absolute atomic E-state index is 10.3. The van der Waals surface area contributed by atoms with Crippen molar-refractivity contribution in [3.63, 3.8) is 0 Å². The summed E-state index contributed by atoms with van der Waals surface area (Å²) in [6.45, 7) is 2.97. The summed E-state index contributed by atoms with van der Waals surface area (Å²) in [6.07, 6.45) is 3.89. The summed E-state index contributed by atoms with van der Waals surface area (Å²) >= 11 is 6.29. The minimum atomic E-state index is -0.430. The fraction of sp³-hybridized carbons (Fsp3) is 0.400. The van der Waals surface area contributed by atoms with Gasteiger partial charge in [-0.2, -0.15) is 4.98 Å². The van der Waals surface area contributed by atoms with Crippen LogP contribution < -0.4 is 10.6 Å². The molecule has 116 valence electrons. The fourth-order valence-electron chi connectivity index (χ4n) is 2.82. The summed E-state index contributed by atoms with van der Waals surface area (Å²) in [7, 11) is 0. The lowest BCUT2D eigenvalue weighted by Gasteiger charge is -2.19. The molecule has 0 saturated carbocycles. The number of aliphatic hydroxyl groups is 1. The molecule has 6 nitrogen and oxygen atoms in total. The summed E-state index contributed by atoms with van der Waals surface area (Å²) in [5, 5.41) is 10.8. The van der Waals surface area contributed by atoms with E-state index in [1.807, 2.05) is 17.0 Å². The highest BCUT2D eigenvalue weighted by Crippen LogP contribution is 2.32. The van der Waals surface area contributed by atoms with E-state index in [-0.39, 0.29) is 11.9 Å². The minimum Gasteiger partial charge on any atom is -0.391 e. The lowest BCUT2D eigenvalue weighted by atomic mass is 9.97. The lowest BCUT2D eigenvalue weighted by Crippen LogP contribution is -2.23. The molecular formula is C15H18ClN5O. The average Bonchev–Trinajstić information content (AvgIpc) is 2.85. The Hall–Kier alpha value is -1.92. The number of aromatic nitrogens is 3. The van der Waals surface area contributed by atoms with Gasteiger partial charge in [0.15, 0.2) is 5.82 Å². The van der Waals surface area contributed by atoms with Crippen LogP contribution >= 0.6 is 11.6 Å². The van der Waals surface area contributed by atoms with E-state index in [1.54, 1.807) is 19.3 Å². The summed E-state index contributed by atoms with van der Waals surface area (Å²) < 4.78 is 0. The molecule has 7 heteroatoms. The first-order chi connectivity index (χ1) is 10.5. The van der Waals surface area contributed by atoms with Crippen LogP contribution in [-0.2, 0) is 6.42 Å². The number of rotatable bonds is 3. The molecule has 0 aromatic carbocycles. The molecule has 0 unspecified atom stereocenters. The van der Waals surface area contributed by atoms with Gasteiger partial charge in [-0.1, -0.05) is 11.6 Å². The van der Waals surface area contributed by atoms with E-state index in [0.29, 0.717) is 29.6 Å². The van der Waals surface area contributed by atoms with Crippen molar-refractivity contribution >= 4 is 23.4 Å². The Morgan fingerprint density at radius 2 is 2.05 bits per heavy atom. The number of nitrogen functional groups attached to an aromatic ring is 1. The van der Waals surface area contributed by atoms with Crippen LogP contribution in [0.15, 0.2) is 24.5 Å². The van der Waals surface area contributed by atoms with Crippen molar-refractivity contribution in [1.82, 2.24) is 15.0 Å². The van der Waals surface area contributed by atoms with E-state index < -0.39 is 6.10 Å².